The molecule has 4 rings (SSSR count). The molecule has 0 saturated carbocycles. The van der Waals surface area contributed by atoms with Crippen molar-refractivity contribution in [1.82, 2.24) is 4.98 Å². The third-order valence-corrected chi connectivity index (χ3v) is 5.52. The number of aromatic nitrogens is 1. The summed E-state index contributed by atoms with van der Waals surface area (Å²) >= 11 is 0. The molecule has 28 heavy (non-hydrogen) atoms. The van der Waals surface area contributed by atoms with Crippen LogP contribution < -0.4 is 19.5 Å². The number of ether oxygens (including phenoxy) is 3. The molecule has 3 aromatic rings. The van der Waals surface area contributed by atoms with Gasteiger partial charge in [0.2, 0.25) is 6.79 Å². The number of fused-ring (bicyclic) bond motifs is 2. The summed E-state index contributed by atoms with van der Waals surface area (Å²) in [5.41, 5.74) is 5.15. The molecule has 1 aromatic heterocycles. The molecule has 1 atom stereocenters. The fourth-order valence-electron chi connectivity index (χ4n) is 4.01. The van der Waals surface area contributed by atoms with Gasteiger partial charge < -0.3 is 24.5 Å². The standard InChI is InChI=1S/C23H28N2O3/c1-15(10-17-4-7-22-23(11-17)28-14-27-22)13-24-9-8-19-16(2)25-21-6-5-18(26-3)12-20(19)21/h4-7,11-12,15,24-25H,8-10,13-14H2,1-3H3/p+1/t15-/m0/s1. The van der Waals surface area contributed by atoms with E-state index in [0.29, 0.717) is 12.7 Å². The predicted octanol–water partition coefficient (Wildman–Crippen LogP) is 3.20. The van der Waals surface area contributed by atoms with Crippen molar-refractivity contribution in [3.05, 3.63) is 53.2 Å². The maximum atomic E-state index is 5.48. The van der Waals surface area contributed by atoms with E-state index in [4.69, 9.17) is 14.2 Å². The number of quaternary nitrogens is 1. The van der Waals surface area contributed by atoms with E-state index >= 15 is 0 Å². The van der Waals surface area contributed by atoms with Gasteiger partial charge in [0.05, 0.1) is 20.2 Å². The number of hydrogen-bond acceptors (Lipinski definition) is 3. The summed E-state index contributed by atoms with van der Waals surface area (Å²) in [7, 11) is 1.72. The third kappa shape index (κ3) is 3.94. The van der Waals surface area contributed by atoms with Gasteiger partial charge in [-0.25, -0.2) is 0 Å². The van der Waals surface area contributed by atoms with E-state index in [0.717, 1.165) is 43.2 Å². The average molecular weight is 381 g/mol. The van der Waals surface area contributed by atoms with Gasteiger partial charge in [-0.2, -0.15) is 0 Å². The summed E-state index contributed by atoms with van der Waals surface area (Å²) in [4.78, 5) is 3.49. The molecule has 3 N–H and O–H groups in total. The molecule has 148 valence electrons. The topological polar surface area (TPSA) is 60.1 Å². The van der Waals surface area contributed by atoms with Crippen LogP contribution in [0.3, 0.4) is 0 Å². The Bertz CT molecular complexity index is 964. The third-order valence-electron chi connectivity index (χ3n) is 5.52. The highest BCUT2D eigenvalue weighted by Gasteiger charge is 2.15. The van der Waals surface area contributed by atoms with Crippen molar-refractivity contribution in [3.63, 3.8) is 0 Å². The van der Waals surface area contributed by atoms with Crippen LogP contribution in [0.4, 0.5) is 0 Å². The highest BCUT2D eigenvalue weighted by atomic mass is 16.7. The Kier molecular flexibility index (Phi) is 5.44. The molecule has 0 spiro atoms. The lowest BCUT2D eigenvalue weighted by Gasteiger charge is -2.11. The second-order valence-electron chi connectivity index (χ2n) is 7.70. The van der Waals surface area contributed by atoms with E-state index in [1.807, 2.05) is 12.1 Å². The quantitative estimate of drug-likeness (QED) is 0.589. The highest BCUT2D eigenvalue weighted by molar-refractivity contribution is 5.86. The number of aryl methyl sites for hydroxylation is 1. The van der Waals surface area contributed by atoms with Gasteiger partial charge in [-0.1, -0.05) is 13.0 Å². The number of benzene rings is 2. The normalized spacial score (nSPS) is 13.8. The molecule has 0 saturated heterocycles. The molecule has 0 amide bonds. The van der Waals surface area contributed by atoms with Crippen LogP contribution in [0, 0.1) is 12.8 Å². The molecule has 2 aromatic carbocycles. The zero-order valence-electron chi connectivity index (χ0n) is 16.9. The van der Waals surface area contributed by atoms with Gasteiger partial charge in [0, 0.05) is 28.9 Å². The fraction of sp³-hybridized carbons (Fsp3) is 0.391. The van der Waals surface area contributed by atoms with E-state index < -0.39 is 0 Å². The summed E-state index contributed by atoms with van der Waals surface area (Å²) in [5, 5.41) is 3.70. The first-order valence-corrected chi connectivity index (χ1v) is 9.99. The van der Waals surface area contributed by atoms with Gasteiger partial charge in [-0.3, -0.25) is 0 Å². The Labute approximate surface area is 166 Å². The predicted molar refractivity (Wildman–Crippen MR) is 110 cm³/mol. The van der Waals surface area contributed by atoms with Crippen LogP contribution in [-0.4, -0.2) is 32.0 Å². The SMILES string of the molecule is COc1ccc2[nH]c(C)c(CC[NH2+]C[C@@H](C)Cc3ccc4c(c3)OCO4)c2c1. The van der Waals surface area contributed by atoms with E-state index in [1.165, 1.54) is 27.7 Å². The van der Waals surface area contributed by atoms with Crippen molar-refractivity contribution in [2.24, 2.45) is 5.92 Å². The molecule has 0 bridgehead atoms. The highest BCUT2D eigenvalue weighted by Crippen LogP contribution is 2.33. The molecular weight excluding hydrogens is 352 g/mol. The Morgan fingerprint density at radius 1 is 1.14 bits per heavy atom. The number of methoxy groups -OCH3 is 1. The van der Waals surface area contributed by atoms with Crippen molar-refractivity contribution in [1.29, 1.82) is 0 Å². The molecule has 1 aliphatic heterocycles. The van der Waals surface area contributed by atoms with E-state index in [-0.39, 0.29) is 0 Å². The van der Waals surface area contributed by atoms with Crippen LogP contribution in [0.15, 0.2) is 36.4 Å². The van der Waals surface area contributed by atoms with Crippen molar-refractivity contribution < 1.29 is 19.5 Å². The van der Waals surface area contributed by atoms with Gasteiger partial charge in [0.25, 0.3) is 0 Å². The number of nitrogens with two attached hydrogens (primary N) is 1. The first-order chi connectivity index (χ1) is 13.6. The monoisotopic (exact) mass is 381 g/mol. The number of aromatic amines is 1. The Hall–Kier alpha value is -2.66. The summed E-state index contributed by atoms with van der Waals surface area (Å²) in [6.07, 6.45) is 2.10. The van der Waals surface area contributed by atoms with Gasteiger partial charge in [-0.05, 0) is 54.8 Å². The van der Waals surface area contributed by atoms with Crippen LogP contribution >= 0.6 is 0 Å². The minimum atomic E-state index is 0.335. The molecule has 0 fully saturated rings. The second-order valence-corrected chi connectivity index (χ2v) is 7.70. The van der Waals surface area contributed by atoms with E-state index in [9.17, 15) is 0 Å². The number of nitrogens with one attached hydrogen (secondary N) is 1. The first kappa shape index (κ1) is 18.7. The smallest absolute Gasteiger partial charge is 0.231 e. The number of hydrogen-bond donors (Lipinski definition) is 2. The molecule has 5 heteroatoms. The summed E-state index contributed by atoms with van der Waals surface area (Å²) in [5.74, 6) is 3.24. The Morgan fingerprint density at radius 2 is 2.00 bits per heavy atom. The van der Waals surface area contributed by atoms with E-state index in [2.05, 4.69) is 48.4 Å². The van der Waals surface area contributed by atoms with Crippen LogP contribution in [0.1, 0.15) is 23.7 Å². The molecule has 2 heterocycles. The minimum Gasteiger partial charge on any atom is -0.497 e. The molecule has 0 aliphatic carbocycles. The summed E-state index contributed by atoms with van der Waals surface area (Å²) in [6, 6.07) is 12.5. The molecule has 0 radical (unpaired) electrons. The Morgan fingerprint density at radius 3 is 2.86 bits per heavy atom. The van der Waals surface area contributed by atoms with Crippen molar-refractivity contribution >= 4 is 10.9 Å². The van der Waals surface area contributed by atoms with Crippen molar-refractivity contribution in [2.75, 3.05) is 27.0 Å². The summed E-state index contributed by atoms with van der Waals surface area (Å²) in [6.45, 7) is 6.99. The van der Waals surface area contributed by atoms with Gasteiger partial charge in [0.15, 0.2) is 11.5 Å². The maximum absolute atomic E-state index is 5.48. The fourth-order valence-corrected chi connectivity index (χ4v) is 4.01. The molecular formula is C23H29N2O3+. The average Bonchev–Trinajstić information content (AvgIpc) is 3.28. The second kappa shape index (κ2) is 8.15. The van der Waals surface area contributed by atoms with Gasteiger partial charge in [0.1, 0.15) is 5.75 Å². The Balaban J connectivity index is 1.30. The zero-order chi connectivity index (χ0) is 19.5. The largest absolute Gasteiger partial charge is 0.497 e. The van der Waals surface area contributed by atoms with Crippen LogP contribution in [0.25, 0.3) is 10.9 Å². The van der Waals surface area contributed by atoms with Crippen LogP contribution in [-0.2, 0) is 12.8 Å². The molecule has 0 unspecified atom stereocenters. The van der Waals surface area contributed by atoms with Crippen LogP contribution in [0.5, 0.6) is 17.2 Å². The van der Waals surface area contributed by atoms with Crippen LogP contribution in [0.2, 0.25) is 0 Å². The van der Waals surface area contributed by atoms with Crippen molar-refractivity contribution in [2.45, 2.75) is 26.7 Å². The lowest BCUT2D eigenvalue weighted by atomic mass is 10.0. The van der Waals surface area contributed by atoms with Crippen molar-refractivity contribution in [3.8, 4) is 17.2 Å². The first-order valence-electron chi connectivity index (χ1n) is 9.99. The van der Waals surface area contributed by atoms with Gasteiger partial charge in [-0.15, -0.1) is 0 Å². The molecule has 5 nitrogen and oxygen atoms in total. The number of rotatable bonds is 8. The lowest BCUT2D eigenvalue weighted by molar-refractivity contribution is -0.659. The zero-order valence-corrected chi connectivity index (χ0v) is 16.9. The maximum Gasteiger partial charge on any atom is 0.231 e. The minimum absolute atomic E-state index is 0.335. The lowest BCUT2D eigenvalue weighted by Crippen LogP contribution is -2.86. The van der Waals surface area contributed by atoms with Gasteiger partial charge >= 0.3 is 0 Å². The number of H-pyrrole nitrogens is 1. The molecule has 1 aliphatic rings. The van der Waals surface area contributed by atoms with E-state index in [1.54, 1.807) is 7.11 Å². The summed E-state index contributed by atoms with van der Waals surface area (Å²) < 4.78 is 16.3.